The molecule has 10 heteroatoms. The maximum atomic E-state index is 13.1. The Morgan fingerprint density at radius 2 is 1.71 bits per heavy atom. The Kier molecular flexibility index (Phi) is 10.1. The Morgan fingerprint density at radius 1 is 1.03 bits per heavy atom. The van der Waals surface area contributed by atoms with Crippen LogP contribution in [-0.2, 0) is 4.79 Å². The molecule has 7 N–H and O–H groups in total. The summed E-state index contributed by atoms with van der Waals surface area (Å²) in [6.07, 6.45) is 2.67. The monoisotopic (exact) mass is 483 g/mol. The van der Waals surface area contributed by atoms with Gasteiger partial charge in [-0.25, -0.2) is 0 Å². The van der Waals surface area contributed by atoms with Gasteiger partial charge in [0.05, 0.1) is 38.6 Å². The molecule has 35 heavy (non-hydrogen) atoms. The summed E-state index contributed by atoms with van der Waals surface area (Å²) >= 11 is 0. The number of carbonyl (C=O) groups excluding carboxylic acids is 2. The first-order valence-electron chi connectivity index (χ1n) is 10.9. The van der Waals surface area contributed by atoms with E-state index in [1.165, 1.54) is 21.3 Å². The van der Waals surface area contributed by atoms with E-state index in [9.17, 15) is 9.59 Å². The van der Waals surface area contributed by atoms with Gasteiger partial charge in [-0.2, -0.15) is 0 Å². The molecule has 0 spiro atoms. The third kappa shape index (κ3) is 7.75. The van der Waals surface area contributed by atoms with Gasteiger partial charge in [0.1, 0.15) is 17.2 Å². The van der Waals surface area contributed by atoms with E-state index in [4.69, 9.17) is 31.4 Å². The van der Waals surface area contributed by atoms with Gasteiger partial charge in [0.25, 0.3) is 0 Å². The molecular formula is C25H33N5O5. The van der Waals surface area contributed by atoms with Gasteiger partial charge in [0, 0.05) is 6.54 Å². The van der Waals surface area contributed by atoms with Crippen LogP contribution >= 0.6 is 0 Å². The summed E-state index contributed by atoms with van der Waals surface area (Å²) in [6.45, 7) is 2.09. The number of rotatable bonds is 12. The zero-order valence-corrected chi connectivity index (χ0v) is 20.5. The van der Waals surface area contributed by atoms with Crippen LogP contribution in [0, 0.1) is 0 Å². The lowest BCUT2D eigenvalue weighted by atomic mass is 10.0. The van der Waals surface area contributed by atoms with Gasteiger partial charge in [-0.3, -0.25) is 14.6 Å². The van der Waals surface area contributed by atoms with Crippen LogP contribution in [0.3, 0.4) is 0 Å². The largest absolute Gasteiger partial charge is 0.497 e. The fourth-order valence-corrected chi connectivity index (χ4v) is 3.31. The summed E-state index contributed by atoms with van der Waals surface area (Å²) in [7, 11) is 4.53. The minimum absolute atomic E-state index is 0.00347. The van der Waals surface area contributed by atoms with E-state index < -0.39 is 6.04 Å². The number of carbonyl (C=O) groups is 2. The predicted molar refractivity (Wildman–Crippen MR) is 137 cm³/mol. The number of methoxy groups -OCH3 is 3. The molecule has 2 aromatic rings. The molecule has 0 heterocycles. The van der Waals surface area contributed by atoms with Crippen LogP contribution in [0.4, 0.5) is 5.69 Å². The van der Waals surface area contributed by atoms with Gasteiger partial charge < -0.3 is 36.7 Å². The van der Waals surface area contributed by atoms with Crippen molar-refractivity contribution < 1.29 is 23.8 Å². The van der Waals surface area contributed by atoms with E-state index in [-0.39, 0.29) is 17.6 Å². The highest BCUT2D eigenvalue weighted by Gasteiger charge is 2.17. The van der Waals surface area contributed by atoms with Crippen LogP contribution in [0.15, 0.2) is 47.0 Å². The molecule has 0 saturated carbocycles. The topological polar surface area (TPSA) is 164 Å². The summed E-state index contributed by atoms with van der Waals surface area (Å²) in [5.41, 5.74) is 18.6. The maximum Gasteiger partial charge on any atom is 0.241 e. The van der Waals surface area contributed by atoms with Crippen molar-refractivity contribution in [2.75, 3.05) is 33.2 Å². The number of anilines is 1. The lowest BCUT2D eigenvalue weighted by Gasteiger charge is -2.15. The smallest absolute Gasteiger partial charge is 0.241 e. The molecule has 1 amide bonds. The second kappa shape index (κ2) is 13.0. The Balaban J connectivity index is 2.22. The third-order valence-corrected chi connectivity index (χ3v) is 5.18. The van der Waals surface area contributed by atoms with E-state index in [1.54, 1.807) is 49.4 Å². The van der Waals surface area contributed by atoms with Crippen LogP contribution in [0.25, 0.3) is 6.08 Å². The van der Waals surface area contributed by atoms with Crippen LogP contribution < -0.4 is 36.7 Å². The quantitative estimate of drug-likeness (QED) is 0.117. The molecule has 1 atom stereocenters. The minimum Gasteiger partial charge on any atom is -0.497 e. The number of hydrogen-bond donors (Lipinski definition) is 4. The number of benzene rings is 2. The highest BCUT2D eigenvalue weighted by Crippen LogP contribution is 2.29. The number of guanidine groups is 1. The lowest BCUT2D eigenvalue weighted by molar-refractivity contribution is -0.117. The zero-order valence-electron chi connectivity index (χ0n) is 20.5. The summed E-state index contributed by atoms with van der Waals surface area (Å²) in [4.78, 5) is 29.6. The highest BCUT2D eigenvalue weighted by atomic mass is 16.5. The number of aliphatic imine (C=N–C) groups is 1. The second-order valence-corrected chi connectivity index (χ2v) is 7.73. The number of amides is 1. The molecule has 1 unspecified atom stereocenters. The van der Waals surface area contributed by atoms with Crippen molar-refractivity contribution >= 4 is 29.4 Å². The molecule has 0 aliphatic carbocycles. The zero-order chi connectivity index (χ0) is 26.0. The normalized spacial score (nSPS) is 11.9. The molecule has 10 nitrogen and oxygen atoms in total. The third-order valence-electron chi connectivity index (χ3n) is 5.18. The Bertz CT molecular complexity index is 1110. The molecule has 188 valence electrons. The number of hydrogen-bond acceptors (Lipinski definition) is 7. The average Bonchev–Trinajstić information content (AvgIpc) is 2.85. The first-order chi connectivity index (χ1) is 16.7. The summed E-state index contributed by atoms with van der Waals surface area (Å²) < 4.78 is 15.9. The Labute approximate surface area is 205 Å². The molecule has 0 aromatic heterocycles. The van der Waals surface area contributed by atoms with Gasteiger partial charge in [0.15, 0.2) is 11.7 Å². The van der Waals surface area contributed by atoms with Crippen molar-refractivity contribution in [2.24, 2.45) is 22.2 Å². The summed E-state index contributed by atoms with van der Waals surface area (Å²) in [5, 5.41) is 2.79. The fourth-order valence-electron chi connectivity index (χ4n) is 3.31. The van der Waals surface area contributed by atoms with E-state index in [0.29, 0.717) is 59.0 Å². The summed E-state index contributed by atoms with van der Waals surface area (Å²) in [5.74, 6) is 0.858. The number of nitrogens with zero attached hydrogens (tertiary/aromatic N) is 1. The molecule has 0 bridgehead atoms. The van der Waals surface area contributed by atoms with Gasteiger partial charge >= 0.3 is 0 Å². The number of ketones is 1. The van der Waals surface area contributed by atoms with Crippen molar-refractivity contribution in [3.8, 4) is 17.2 Å². The second-order valence-electron chi connectivity index (χ2n) is 7.73. The van der Waals surface area contributed by atoms with Gasteiger partial charge in [-0.15, -0.1) is 0 Å². The van der Waals surface area contributed by atoms with E-state index in [2.05, 4.69) is 10.3 Å². The first-order valence-corrected chi connectivity index (χ1v) is 10.9. The first kappa shape index (κ1) is 27.2. The number of nitrogens with two attached hydrogens (primary N) is 3. The van der Waals surface area contributed by atoms with Gasteiger partial charge in [-0.1, -0.05) is 6.07 Å². The van der Waals surface area contributed by atoms with Crippen molar-refractivity contribution in [3.63, 3.8) is 0 Å². The van der Waals surface area contributed by atoms with E-state index in [1.807, 2.05) is 0 Å². The van der Waals surface area contributed by atoms with E-state index in [0.717, 1.165) is 0 Å². The Morgan fingerprint density at radius 3 is 2.34 bits per heavy atom. The van der Waals surface area contributed by atoms with Crippen LogP contribution in [0.5, 0.6) is 17.2 Å². The van der Waals surface area contributed by atoms with Gasteiger partial charge in [0.2, 0.25) is 5.91 Å². The Hall–Kier alpha value is -4.05. The van der Waals surface area contributed by atoms with Crippen molar-refractivity contribution in [3.05, 3.63) is 53.1 Å². The van der Waals surface area contributed by atoms with Crippen LogP contribution in [0.2, 0.25) is 0 Å². The molecule has 0 aliphatic rings. The highest BCUT2D eigenvalue weighted by molar-refractivity contribution is 6.12. The number of nitrogens with one attached hydrogen (secondary N) is 1. The minimum atomic E-state index is -0.753. The number of allylic oxidation sites excluding steroid dienone is 1. The number of ether oxygens (including phenoxy) is 3. The molecule has 0 radical (unpaired) electrons. The van der Waals surface area contributed by atoms with Crippen LogP contribution in [0.1, 0.15) is 35.7 Å². The lowest BCUT2D eigenvalue weighted by Crippen LogP contribution is -2.35. The number of Topliss-reactive ketones (excluding diaryl/α,β-unsaturated/α-hetero) is 1. The molecule has 0 saturated heterocycles. The summed E-state index contributed by atoms with van der Waals surface area (Å²) in [6, 6.07) is 9.48. The SMILES string of the molecule is COc1ccc(OC)c(C(=O)C(C)=Cc2ccc(OC)c(NC(=O)C(N)CCCN=C(N)N)c2)c1. The van der Waals surface area contributed by atoms with E-state index >= 15 is 0 Å². The standard InChI is InChI=1S/C25H33N5O5/c1-15(23(31)18-14-17(33-2)8-10-21(18)34-3)12-16-7-9-22(35-4)20(13-16)30-24(32)19(26)6-5-11-29-25(27)28/h7-10,12-14,19H,5-6,11,26H2,1-4H3,(H,30,32)(H4,27,28,29). The van der Waals surface area contributed by atoms with Crippen molar-refractivity contribution in [1.82, 2.24) is 0 Å². The fraction of sp³-hybridized carbons (Fsp3) is 0.320. The van der Waals surface area contributed by atoms with Crippen molar-refractivity contribution in [1.29, 1.82) is 0 Å². The van der Waals surface area contributed by atoms with Crippen molar-refractivity contribution in [2.45, 2.75) is 25.8 Å². The predicted octanol–water partition coefficient (Wildman–Crippen LogP) is 2.32. The molecule has 0 aliphatic heterocycles. The molecular weight excluding hydrogens is 450 g/mol. The van der Waals surface area contributed by atoms with Gasteiger partial charge in [-0.05, 0) is 67.3 Å². The average molecular weight is 484 g/mol. The molecule has 2 aromatic carbocycles. The van der Waals surface area contributed by atoms with Crippen LogP contribution in [-0.4, -0.2) is 51.6 Å². The molecule has 2 rings (SSSR count). The maximum absolute atomic E-state index is 13.1. The molecule has 0 fully saturated rings.